The van der Waals surface area contributed by atoms with Crippen LogP contribution in [0.25, 0.3) is 11.3 Å². The molecule has 156 valence electrons. The molecule has 1 fully saturated rings. The van der Waals surface area contributed by atoms with Gasteiger partial charge < -0.3 is 16.9 Å². The van der Waals surface area contributed by atoms with Gasteiger partial charge in [0, 0.05) is 23.9 Å². The van der Waals surface area contributed by atoms with Crippen molar-refractivity contribution in [2.75, 3.05) is 17.7 Å². The quantitative estimate of drug-likeness (QED) is 0.421. The van der Waals surface area contributed by atoms with Crippen LogP contribution in [0.5, 0.6) is 0 Å². The number of nitrogen functional groups attached to an aromatic ring is 1. The molecule has 1 atom stereocenters. The average Bonchev–Trinajstić information content (AvgIpc) is 3.38. The maximum Gasteiger partial charge on any atom is 0.269 e. The molecule has 2 aromatic heterocycles. The normalized spacial score (nSPS) is 15.5. The summed E-state index contributed by atoms with van der Waals surface area (Å²) in [6.45, 7) is 0.606. The third kappa shape index (κ3) is 3.76. The highest BCUT2D eigenvalue weighted by molar-refractivity contribution is 6.04. The van der Waals surface area contributed by atoms with Crippen molar-refractivity contribution in [2.24, 2.45) is 5.73 Å². The zero-order chi connectivity index (χ0) is 22.0. The lowest BCUT2D eigenvalue weighted by molar-refractivity contribution is 0.0991. The number of anilines is 1. The molecule has 0 spiro atoms. The number of nitriles is 1. The van der Waals surface area contributed by atoms with E-state index in [-0.39, 0.29) is 17.6 Å². The van der Waals surface area contributed by atoms with Gasteiger partial charge in [0.25, 0.3) is 11.8 Å². The summed E-state index contributed by atoms with van der Waals surface area (Å²) in [5.41, 5.74) is 6.91. The van der Waals surface area contributed by atoms with Gasteiger partial charge >= 0.3 is 0 Å². The topological polar surface area (TPSA) is 156 Å². The molecule has 4 rings (SSSR count). The molecule has 5 N–H and O–H groups in total. The maximum atomic E-state index is 12.4. The first kappa shape index (κ1) is 19.9. The number of nitrogens with two attached hydrogens (primary N) is 2. The lowest BCUT2D eigenvalue weighted by Crippen LogP contribution is -2.27. The number of amides is 2. The third-order valence-electron chi connectivity index (χ3n) is 5.18. The summed E-state index contributed by atoms with van der Waals surface area (Å²) < 4.78 is 1.17. The van der Waals surface area contributed by atoms with E-state index in [1.165, 1.54) is 4.68 Å². The Balaban J connectivity index is 1.65. The van der Waals surface area contributed by atoms with Crippen molar-refractivity contribution >= 4 is 17.6 Å². The average molecular weight is 416 g/mol. The van der Waals surface area contributed by atoms with E-state index in [4.69, 9.17) is 11.6 Å². The van der Waals surface area contributed by atoms with Gasteiger partial charge in [-0.1, -0.05) is 18.2 Å². The lowest BCUT2D eigenvalue weighted by atomic mass is 10.1. The number of imidazole rings is 1. The molecule has 1 saturated heterocycles. The summed E-state index contributed by atoms with van der Waals surface area (Å²) in [5.74, 6) is 5.95. The molecule has 1 aliphatic heterocycles. The van der Waals surface area contributed by atoms with E-state index in [1.807, 2.05) is 0 Å². The van der Waals surface area contributed by atoms with Crippen LogP contribution >= 0.6 is 0 Å². The van der Waals surface area contributed by atoms with Crippen molar-refractivity contribution in [3.63, 3.8) is 0 Å². The number of nitrogens with one attached hydrogen (secondary N) is 1. The number of rotatable bonds is 5. The van der Waals surface area contributed by atoms with Gasteiger partial charge in [-0.05, 0) is 37.1 Å². The molecule has 10 nitrogen and oxygen atoms in total. The van der Waals surface area contributed by atoms with Gasteiger partial charge in [0.05, 0.1) is 6.04 Å². The second-order valence-electron chi connectivity index (χ2n) is 7.10. The Bertz CT molecular complexity index is 1160. The number of pyridine rings is 1. The van der Waals surface area contributed by atoms with Gasteiger partial charge in [-0.3, -0.25) is 14.5 Å². The van der Waals surface area contributed by atoms with Crippen LogP contribution in [-0.2, 0) is 0 Å². The summed E-state index contributed by atoms with van der Waals surface area (Å²) in [7, 11) is 0. The fraction of sp³-hybridized carbons (Fsp3) is 0.190. The van der Waals surface area contributed by atoms with E-state index in [0.29, 0.717) is 41.4 Å². The highest BCUT2D eigenvalue weighted by atomic mass is 16.2. The Morgan fingerprint density at radius 2 is 1.97 bits per heavy atom. The van der Waals surface area contributed by atoms with Crippen LogP contribution in [0.15, 0.2) is 48.7 Å². The fourth-order valence-corrected chi connectivity index (χ4v) is 3.68. The van der Waals surface area contributed by atoms with Gasteiger partial charge in [0.1, 0.15) is 11.5 Å². The number of carbonyl (C=O) groups is 2. The number of hydrogen-bond acceptors (Lipinski definition) is 7. The molecule has 3 heterocycles. The monoisotopic (exact) mass is 416 g/mol. The van der Waals surface area contributed by atoms with Crippen molar-refractivity contribution in [2.45, 2.75) is 18.9 Å². The molecule has 3 aromatic rings. The standard InChI is InChI=1S/C21H20N8O2/c22-12-28-11-3-4-15(28)20-27-17(18(19(23)30)29(20)24)13-6-8-14(9-7-13)21(31)26-16-5-1-2-10-25-16/h1-2,5-10,15H,3-4,11,24H2,(H2,23,30)(H,25,26,31). The molecule has 2 amide bonds. The van der Waals surface area contributed by atoms with E-state index in [2.05, 4.69) is 21.5 Å². The molecule has 31 heavy (non-hydrogen) atoms. The molecular formula is C21H20N8O2. The molecule has 0 aliphatic carbocycles. The van der Waals surface area contributed by atoms with Gasteiger partial charge in [-0.15, -0.1) is 0 Å². The third-order valence-corrected chi connectivity index (χ3v) is 5.18. The van der Waals surface area contributed by atoms with E-state index < -0.39 is 5.91 Å². The smallest absolute Gasteiger partial charge is 0.269 e. The second kappa shape index (κ2) is 8.16. The van der Waals surface area contributed by atoms with Gasteiger partial charge in [-0.2, -0.15) is 5.26 Å². The molecule has 0 saturated carbocycles. The number of nitrogens with zero attached hydrogens (tertiary/aromatic N) is 5. The van der Waals surface area contributed by atoms with Crippen LogP contribution in [0, 0.1) is 11.5 Å². The molecule has 0 radical (unpaired) electrons. The zero-order valence-electron chi connectivity index (χ0n) is 16.5. The van der Waals surface area contributed by atoms with Crippen molar-refractivity contribution in [3.05, 3.63) is 65.7 Å². The molecular weight excluding hydrogens is 396 g/mol. The molecule has 10 heteroatoms. The number of likely N-dealkylation sites (tertiary alicyclic amines) is 1. The zero-order valence-corrected chi connectivity index (χ0v) is 16.5. The van der Waals surface area contributed by atoms with Crippen molar-refractivity contribution < 1.29 is 9.59 Å². The van der Waals surface area contributed by atoms with E-state index in [9.17, 15) is 14.9 Å². The number of aromatic nitrogens is 3. The minimum atomic E-state index is -0.727. The van der Waals surface area contributed by atoms with Gasteiger partial charge in [0.2, 0.25) is 0 Å². The van der Waals surface area contributed by atoms with E-state index in [1.54, 1.807) is 53.6 Å². The van der Waals surface area contributed by atoms with Crippen molar-refractivity contribution in [1.29, 1.82) is 5.26 Å². The minimum Gasteiger partial charge on any atom is -0.364 e. The lowest BCUT2D eigenvalue weighted by Gasteiger charge is -2.17. The maximum absolute atomic E-state index is 12.4. The van der Waals surface area contributed by atoms with Crippen LogP contribution < -0.4 is 16.9 Å². The molecule has 0 bridgehead atoms. The van der Waals surface area contributed by atoms with Gasteiger partial charge in [-0.25, -0.2) is 14.6 Å². The highest BCUT2D eigenvalue weighted by Crippen LogP contribution is 2.33. The summed E-state index contributed by atoms with van der Waals surface area (Å²) in [6, 6.07) is 11.5. The summed E-state index contributed by atoms with van der Waals surface area (Å²) in [4.78, 5) is 34.8. The Morgan fingerprint density at radius 3 is 2.61 bits per heavy atom. The fourth-order valence-electron chi connectivity index (χ4n) is 3.68. The van der Waals surface area contributed by atoms with Crippen LogP contribution in [0.1, 0.15) is 45.6 Å². The Kier molecular flexibility index (Phi) is 5.24. The number of benzene rings is 1. The Labute approximate surface area is 178 Å². The SMILES string of the molecule is N#CN1CCCC1c1nc(-c2ccc(C(=O)Nc3ccccn3)cc2)c(C(N)=O)n1N. The summed E-state index contributed by atoms with van der Waals surface area (Å²) in [5, 5.41) is 12.1. The van der Waals surface area contributed by atoms with Crippen LogP contribution in [0.2, 0.25) is 0 Å². The van der Waals surface area contributed by atoms with Gasteiger partial charge in [0.15, 0.2) is 17.7 Å². The predicted octanol–water partition coefficient (Wildman–Crippen LogP) is 1.63. The van der Waals surface area contributed by atoms with E-state index >= 15 is 0 Å². The molecule has 1 aliphatic rings. The first-order valence-electron chi connectivity index (χ1n) is 9.66. The molecule has 1 unspecified atom stereocenters. The van der Waals surface area contributed by atoms with Crippen LogP contribution in [0.3, 0.4) is 0 Å². The minimum absolute atomic E-state index is 0.0467. The van der Waals surface area contributed by atoms with E-state index in [0.717, 1.165) is 6.42 Å². The van der Waals surface area contributed by atoms with Crippen LogP contribution in [0.4, 0.5) is 5.82 Å². The van der Waals surface area contributed by atoms with Crippen LogP contribution in [-0.4, -0.2) is 37.9 Å². The Hall–Kier alpha value is -4.39. The highest BCUT2D eigenvalue weighted by Gasteiger charge is 2.32. The van der Waals surface area contributed by atoms with Crippen molar-refractivity contribution in [3.8, 4) is 17.5 Å². The predicted molar refractivity (Wildman–Crippen MR) is 113 cm³/mol. The van der Waals surface area contributed by atoms with Crippen molar-refractivity contribution in [1.82, 2.24) is 19.5 Å². The Morgan fingerprint density at radius 1 is 1.19 bits per heavy atom. The number of carbonyl (C=O) groups excluding carboxylic acids is 2. The second-order valence-corrected chi connectivity index (χ2v) is 7.10. The first-order chi connectivity index (χ1) is 15.0. The summed E-state index contributed by atoms with van der Waals surface area (Å²) in [6.07, 6.45) is 5.25. The largest absolute Gasteiger partial charge is 0.364 e. The number of primary amides is 1. The number of hydrogen-bond donors (Lipinski definition) is 3. The summed E-state index contributed by atoms with van der Waals surface area (Å²) >= 11 is 0. The first-order valence-corrected chi connectivity index (χ1v) is 9.66. The molecule has 1 aromatic carbocycles.